The highest BCUT2D eigenvalue weighted by Gasteiger charge is 2.39. The van der Waals surface area contributed by atoms with Gasteiger partial charge in [0.05, 0.1) is 30.8 Å². The van der Waals surface area contributed by atoms with Crippen LogP contribution < -0.4 is 16.0 Å². The molecular formula is C27H32FN7O4. The lowest BCUT2D eigenvalue weighted by atomic mass is 9.82. The lowest BCUT2D eigenvalue weighted by Gasteiger charge is -2.35. The second-order valence-corrected chi connectivity index (χ2v) is 9.92. The third kappa shape index (κ3) is 5.76. The maximum absolute atomic E-state index is 14.4. The fourth-order valence-corrected chi connectivity index (χ4v) is 5.38. The fraction of sp³-hybridized carbons (Fsp3) is 0.444. The lowest BCUT2D eigenvalue weighted by Crippen LogP contribution is -2.48. The van der Waals surface area contributed by atoms with Crippen LogP contribution in [0.5, 0.6) is 5.88 Å². The third-order valence-electron chi connectivity index (χ3n) is 7.33. The number of fused-ring (bicyclic) bond motifs is 1. The number of nitrogens with one attached hydrogen (secondary N) is 1. The van der Waals surface area contributed by atoms with Gasteiger partial charge in [0.15, 0.2) is 6.61 Å². The van der Waals surface area contributed by atoms with Crippen molar-refractivity contribution in [1.82, 2.24) is 15.4 Å². The number of benzene rings is 1. The molecule has 0 aliphatic carbocycles. The smallest absolute Gasteiger partial charge is 0.251 e. The Bertz CT molecular complexity index is 1330. The molecule has 3 aliphatic rings. The standard InChI is InChI=1S/C27H32FN7O4/c1-15-25-22(33-27(29)30-15)11-21(32-26(25)34-39-14-24(37)35-9-8-16(12-35)13-36)18-7-6-17(28)10-19(18)20-4-3-5-23(31-20)38-2/h3-7,10,16,21-22,25,36H,8-9,11-14H2,1-2H3,(H2,29,33)(H,32,34)/t16?,21?,22-,25?/m1/s1. The Kier molecular flexibility index (Phi) is 7.84. The molecule has 2 aromatic rings. The first kappa shape index (κ1) is 26.7. The zero-order valence-electron chi connectivity index (χ0n) is 21.9. The van der Waals surface area contributed by atoms with Crippen LogP contribution in [-0.4, -0.2) is 77.9 Å². The third-order valence-corrected chi connectivity index (χ3v) is 7.33. The molecule has 3 unspecified atom stereocenters. The topological polar surface area (TPSA) is 147 Å². The van der Waals surface area contributed by atoms with Gasteiger partial charge in [-0.1, -0.05) is 12.1 Å². The van der Waals surface area contributed by atoms with Gasteiger partial charge in [-0.25, -0.2) is 19.4 Å². The molecule has 5 rings (SSSR count). The quantitative estimate of drug-likeness (QED) is 0.457. The predicted molar refractivity (Wildman–Crippen MR) is 144 cm³/mol. The number of guanidine groups is 1. The number of hydrogen-bond donors (Lipinski definition) is 3. The molecule has 0 bridgehead atoms. The highest BCUT2D eigenvalue weighted by atomic mass is 19.1. The molecule has 1 fully saturated rings. The second-order valence-electron chi connectivity index (χ2n) is 9.92. The van der Waals surface area contributed by atoms with Crippen LogP contribution in [-0.2, 0) is 9.63 Å². The summed E-state index contributed by atoms with van der Waals surface area (Å²) in [6.07, 6.45) is 1.27. The number of carbonyl (C=O) groups excluding carboxylic acids is 1. The van der Waals surface area contributed by atoms with Crippen LogP contribution in [0.15, 0.2) is 51.4 Å². The van der Waals surface area contributed by atoms with Crippen molar-refractivity contribution in [2.45, 2.75) is 31.8 Å². The van der Waals surface area contributed by atoms with E-state index in [1.165, 1.54) is 19.2 Å². The zero-order chi connectivity index (χ0) is 27.5. The summed E-state index contributed by atoms with van der Waals surface area (Å²) in [7, 11) is 1.52. The molecule has 3 aliphatic heterocycles. The zero-order valence-corrected chi connectivity index (χ0v) is 21.9. The highest BCUT2D eigenvalue weighted by Crippen LogP contribution is 2.39. The molecule has 0 radical (unpaired) electrons. The van der Waals surface area contributed by atoms with Crippen LogP contribution in [0.4, 0.5) is 4.39 Å². The van der Waals surface area contributed by atoms with Crippen LogP contribution in [0.1, 0.15) is 31.4 Å². The molecule has 1 amide bonds. The van der Waals surface area contributed by atoms with E-state index >= 15 is 0 Å². The molecular weight excluding hydrogens is 505 g/mol. The van der Waals surface area contributed by atoms with Crippen molar-refractivity contribution in [1.29, 1.82) is 0 Å². The van der Waals surface area contributed by atoms with Crippen molar-refractivity contribution < 1.29 is 23.9 Å². The van der Waals surface area contributed by atoms with Crippen LogP contribution in [0, 0.1) is 17.7 Å². The van der Waals surface area contributed by atoms with E-state index in [4.69, 9.17) is 20.3 Å². The Balaban J connectivity index is 1.42. The van der Waals surface area contributed by atoms with Gasteiger partial charge in [-0.3, -0.25) is 20.1 Å². The van der Waals surface area contributed by atoms with Crippen LogP contribution >= 0.6 is 0 Å². The largest absolute Gasteiger partial charge is 0.481 e. The molecule has 12 heteroatoms. The number of amides is 1. The van der Waals surface area contributed by atoms with E-state index in [1.54, 1.807) is 29.2 Å². The molecule has 39 heavy (non-hydrogen) atoms. The summed E-state index contributed by atoms with van der Waals surface area (Å²) in [5, 5.41) is 9.36. The number of pyridine rings is 1. The monoisotopic (exact) mass is 537 g/mol. The average molecular weight is 538 g/mol. The molecule has 1 aromatic carbocycles. The second kappa shape index (κ2) is 11.5. The fourth-order valence-electron chi connectivity index (χ4n) is 5.38. The number of carbonyl (C=O) groups is 1. The van der Waals surface area contributed by atoms with Gasteiger partial charge in [-0.05, 0) is 43.5 Å². The van der Waals surface area contributed by atoms with Crippen molar-refractivity contribution in [3.8, 4) is 17.1 Å². The van der Waals surface area contributed by atoms with Gasteiger partial charge in [0.1, 0.15) is 11.7 Å². The van der Waals surface area contributed by atoms with E-state index in [-0.39, 0.29) is 43.0 Å². The molecule has 0 saturated carbocycles. The highest BCUT2D eigenvalue weighted by molar-refractivity contribution is 6.11. The molecule has 1 saturated heterocycles. The number of nitrogens with two attached hydrogens (primary N) is 1. The number of likely N-dealkylation sites (tertiary alicyclic amines) is 1. The minimum absolute atomic E-state index is 0.0586. The maximum atomic E-state index is 14.4. The van der Waals surface area contributed by atoms with Crippen molar-refractivity contribution in [3.05, 3.63) is 47.8 Å². The lowest BCUT2D eigenvalue weighted by molar-refractivity contribution is -0.136. The first-order valence-corrected chi connectivity index (χ1v) is 12.9. The van der Waals surface area contributed by atoms with Gasteiger partial charge < -0.3 is 20.5 Å². The molecule has 1 aromatic heterocycles. The number of aromatic nitrogens is 1. The first-order chi connectivity index (χ1) is 18.9. The maximum Gasteiger partial charge on any atom is 0.251 e. The van der Waals surface area contributed by atoms with E-state index < -0.39 is 11.9 Å². The number of ether oxygens (including phenoxy) is 1. The summed E-state index contributed by atoms with van der Waals surface area (Å²) >= 11 is 0. The number of hydroxylamine groups is 1. The van der Waals surface area contributed by atoms with Crippen LogP contribution in [0.25, 0.3) is 11.3 Å². The van der Waals surface area contributed by atoms with E-state index in [1.807, 2.05) is 6.92 Å². The number of aliphatic hydroxyl groups is 1. The summed E-state index contributed by atoms with van der Waals surface area (Å²) in [6.45, 7) is 2.81. The van der Waals surface area contributed by atoms with Gasteiger partial charge in [0.25, 0.3) is 5.91 Å². The van der Waals surface area contributed by atoms with E-state index in [0.29, 0.717) is 42.5 Å². The Labute approximate surface area is 225 Å². The Morgan fingerprint density at radius 1 is 1.28 bits per heavy atom. The van der Waals surface area contributed by atoms with E-state index in [0.717, 1.165) is 17.7 Å². The van der Waals surface area contributed by atoms with Crippen molar-refractivity contribution in [2.24, 2.45) is 32.5 Å². The van der Waals surface area contributed by atoms with Gasteiger partial charge in [0, 0.05) is 43.0 Å². The summed E-state index contributed by atoms with van der Waals surface area (Å²) in [5.41, 5.74) is 11.5. The Hall–Kier alpha value is -3.90. The van der Waals surface area contributed by atoms with Crippen molar-refractivity contribution in [3.63, 3.8) is 0 Å². The van der Waals surface area contributed by atoms with E-state index in [9.17, 15) is 14.3 Å². The number of methoxy groups -OCH3 is 1. The number of amidine groups is 1. The SMILES string of the molecule is COc1cccc(-c2cc(F)ccc2C2C[C@H]3N=C(N)N=C(C)C3C(NOCC(=O)N3CCC(CO)C3)=N2)n1. The number of aliphatic imine (C=N–C) groups is 3. The summed E-state index contributed by atoms with van der Waals surface area (Å²) < 4.78 is 19.7. The van der Waals surface area contributed by atoms with E-state index in [2.05, 4.69) is 20.4 Å². The van der Waals surface area contributed by atoms with Crippen molar-refractivity contribution in [2.75, 3.05) is 33.4 Å². The summed E-state index contributed by atoms with van der Waals surface area (Å²) in [4.78, 5) is 38.3. The van der Waals surface area contributed by atoms with Gasteiger partial charge in [-0.2, -0.15) is 0 Å². The minimum atomic E-state index is -0.428. The molecule has 206 valence electrons. The molecule has 4 N–H and O–H groups in total. The predicted octanol–water partition coefficient (Wildman–Crippen LogP) is 1.88. The minimum Gasteiger partial charge on any atom is -0.481 e. The Morgan fingerprint density at radius 2 is 2.13 bits per heavy atom. The Morgan fingerprint density at radius 3 is 2.90 bits per heavy atom. The first-order valence-electron chi connectivity index (χ1n) is 12.9. The number of hydrogen-bond acceptors (Lipinski definition) is 10. The van der Waals surface area contributed by atoms with Crippen LogP contribution in [0.2, 0.25) is 0 Å². The van der Waals surface area contributed by atoms with Crippen molar-refractivity contribution >= 4 is 23.4 Å². The summed E-state index contributed by atoms with van der Waals surface area (Å²) in [6, 6.07) is 9.12. The van der Waals surface area contributed by atoms with Gasteiger partial charge in [0.2, 0.25) is 11.8 Å². The molecule has 4 atom stereocenters. The van der Waals surface area contributed by atoms with Gasteiger partial charge >= 0.3 is 0 Å². The van der Waals surface area contributed by atoms with Crippen LogP contribution in [0.3, 0.4) is 0 Å². The normalized spacial score (nSPS) is 24.4. The number of aliphatic hydroxyl groups excluding tert-OH is 1. The molecule has 4 heterocycles. The number of rotatable bonds is 7. The molecule has 0 spiro atoms. The average Bonchev–Trinajstić information content (AvgIpc) is 3.42. The summed E-state index contributed by atoms with van der Waals surface area (Å²) in [5.74, 6) is 0.271. The number of halogens is 1. The van der Waals surface area contributed by atoms with Gasteiger partial charge in [-0.15, -0.1) is 0 Å². The number of nitrogens with zero attached hydrogens (tertiary/aromatic N) is 5. The molecule has 11 nitrogen and oxygen atoms in total.